The van der Waals surface area contributed by atoms with E-state index < -0.39 is 11.9 Å². The third-order valence-electron chi connectivity index (χ3n) is 6.15. The van der Waals surface area contributed by atoms with Crippen LogP contribution in [-0.4, -0.2) is 35.9 Å². The minimum Gasteiger partial charge on any atom is -0.497 e. The Hall–Kier alpha value is -2.89. The van der Waals surface area contributed by atoms with Gasteiger partial charge in [0.25, 0.3) is 0 Å². The molecule has 1 atom stereocenters. The Bertz CT molecular complexity index is 894. The molecule has 5 nitrogen and oxygen atoms in total. The maximum atomic E-state index is 14.2. The fraction of sp³-hybridized carbons (Fsp3) is 0.462. The summed E-state index contributed by atoms with van der Waals surface area (Å²) in [6.07, 6.45) is 5.78. The zero-order valence-electron chi connectivity index (χ0n) is 19.0. The van der Waals surface area contributed by atoms with Crippen molar-refractivity contribution in [1.29, 1.82) is 0 Å². The SMILES string of the molecule is CC[C@H](C(=O)NC1CCCCC1)N(Cc1ccc(OC)cc1)C(=O)Cc1ccccc1F. The maximum absolute atomic E-state index is 14.2. The van der Waals surface area contributed by atoms with Crippen molar-refractivity contribution < 1.29 is 18.7 Å². The molecule has 0 radical (unpaired) electrons. The Morgan fingerprint density at radius 2 is 1.78 bits per heavy atom. The molecule has 1 fully saturated rings. The highest BCUT2D eigenvalue weighted by Crippen LogP contribution is 2.21. The standard InChI is InChI=1S/C26H33FN2O3/c1-3-24(26(31)28-21-10-5-4-6-11-21)29(18-19-13-15-22(32-2)16-14-19)25(30)17-20-9-7-8-12-23(20)27/h7-9,12-16,21,24H,3-6,10-11,17-18H2,1-2H3,(H,28,31)/t24-/m1/s1. The molecule has 2 aromatic carbocycles. The second-order valence-corrected chi connectivity index (χ2v) is 8.41. The highest BCUT2D eigenvalue weighted by atomic mass is 19.1. The van der Waals surface area contributed by atoms with Gasteiger partial charge in [0.2, 0.25) is 11.8 Å². The first-order valence-corrected chi connectivity index (χ1v) is 11.5. The number of benzene rings is 2. The quantitative estimate of drug-likeness (QED) is 0.618. The van der Waals surface area contributed by atoms with E-state index in [1.165, 1.54) is 12.5 Å². The van der Waals surface area contributed by atoms with Gasteiger partial charge in [-0.1, -0.05) is 56.5 Å². The van der Waals surface area contributed by atoms with Crippen molar-refractivity contribution >= 4 is 11.8 Å². The fourth-order valence-corrected chi connectivity index (χ4v) is 4.30. The highest BCUT2D eigenvalue weighted by molar-refractivity contribution is 5.88. The molecular weight excluding hydrogens is 407 g/mol. The van der Waals surface area contributed by atoms with Gasteiger partial charge >= 0.3 is 0 Å². The summed E-state index contributed by atoms with van der Waals surface area (Å²) in [6.45, 7) is 2.18. The van der Waals surface area contributed by atoms with Crippen LogP contribution in [0.3, 0.4) is 0 Å². The van der Waals surface area contributed by atoms with Gasteiger partial charge in [0.15, 0.2) is 0 Å². The predicted octanol–water partition coefficient (Wildman–Crippen LogP) is 4.63. The van der Waals surface area contributed by atoms with E-state index in [-0.39, 0.29) is 30.8 Å². The lowest BCUT2D eigenvalue weighted by atomic mass is 9.95. The molecule has 2 amide bonds. The van der Waals surface area contributed by atoms with Crippen LogP contribution in [0.4, 0.5) is 4.39 Å². The lowest BCUT2D eigenvalue weighted by molar-refractivity contribution is -0.141. The van der Waals surface area contributed by atoms with E-state index in [9.17, 15) is 14.0 Å². The van der Waals surface area contributed by atoms with E-state index in [0.29, 0.717) is 12.0 Å². The first-order chi connectivity index (χ1) is 15.5. The normalized spacial score (nSPS) is 15.1. The highest BCUT2D eigenvalue weighted by Gasteiger charge is 2.30. The summed E-state index contributed by atoms with van der Waals surface area (Å²) >= 11 is 0. The minimum atomic E-state index is -0.613. The molecule has 0 bridgehead atoms. The molecule has 1 N–H and O–H groups in total. The molecular formula is C26H33FN2O3. The molecule has 0 heterocycles. The molecule has 0 spiro atoms. The second kappa shape index (κ2) is 11.7. The molecule has 0 aromatic heterocycles. The van der Waals surface area contributed by atoms with Gasteiger partial charge in [0.05, 0.1) is 13.5 Å². The van der Waals surface area contributed by atoms with Crippen LogP contribution in [0.2, 0.25) is 0 Å². The smallest absolute Gasteiger partial charge is 0.243 e. The number of methoxy groups -OCH3 is 1. The van der Waals surface area contributed by atoms with Crippen LogP contribution in [0.15, 0.2) is 48.5 Å². The Balaban J connectivity index is 1.81. The number of carbonyl (C=O) groups excluding carboxylic acids is 2. The van der Waals surface area contributed by atoms with Gasteiger partial charge in [0, 0.05) is 12.6 Å². The van der Waals surface area contributed by atoms with Crippen molar-refractivity contribution in [3.05, 3.63) is 65.5 Å². The van der Waals surface area contributed by atoms with E-state index >= 15 is 0 Å². The number of rotatable bonds is 9. The number of amides is 2. The average molecular weight is 441 g/mol. The topological polar surface area (TPSA) is 58.6 Å². The van der Waals surface area contributed by atoms with E-state index in [1.54, 1.807) is 30.2 Å². The van der Waals surface area contributed by atoms with Crippen LogP contribution < -0.4 is 10.1 Å². The number of nitrogens with one attached hydrogen (secondary N) is 1. The summed E-state index contributed by atoms with van der Waals surface area (Å²) in [5.41, 5.74) is 1.22. The Labute approximate surface area is 190 Å². The van der Waals surface area contributed by atoms with Crippen LogP contribution in [0.25, 0.3) is 0 Å². The largest absolute Gasteiger partial charge is 0.497 e. The maximum Gasteiger partial charge on any atom is 0.243 e. The van der Waals surface area contributed by atoms with Crippen LogP contribution in [0.5, 0.6) is 5.75 Å². The Morgan fingerprint density at radius 1 is 1.09 bits per heavy atom. The van der Waals surface area contributed by atoms with Crippen LogP contribution >= 0.6 is 0 Å². The van der Waals surface area contributed by atoms with Gasteiger partial charge in [-0.2, -0.15) is 0 Å². The molecule has 1 aliphatic carbocycles. The number of halogens is 1. The number of carbonyl (C=O) groups is 2. The van der Waals surface area contributed by atoms with Gasteiger partial charge < -0.3 is 15.0 Å². The van der Waals surface area contributed by atoms with Crippen LogP contribution in [-0.2, 0) is 22.6 Å². The van der Waals surface area contributed by atoms with Crippen LogP contribution in [0.1, 0.15) is 56.6 Å². The Morgan fingerprint density at radius 3 is 2.41 bits per heavy atom. The second-order valence-electron chi connectivity index (χ2n) is 8.41. The lowest BCUT2D eigenvalue weighted by Gasteiger charge is -2.33. The summed E-state index contributed by atoms with van der Waals surface area (Å²) in [6, 6.07) is 13.3. The van der Waals surface area contributed by atoms with Gasteiger partial charge in [-0.05, 0) is 48.6 Å². The Kier molecular flexibility index (Phi) is 8.65. The molecule has 3 rings (SSSR count). The number of ether oxygens (including phenoxy) is 1. The van der Waals surface area contributed by atoms with Gasteiger partial charge in [0.1, 0.15) is 17.6 Å². The van der Waals surface area contributed by atoms with Gasteiger partial charge in [-0.3, -0.25) is 9.59 Å². The number of hydrogen-bond donors (Lipinski definition) is 1. The molecule has 1 aliphatic rings. The van der Waals surface area contributed by atoms with Crippen molar-refractivity contribution in [2.45, 2.75) is 70.5 Å². The zero-order chi connectivity index (χ0) is 22.9. The summed E-state index contributed by atoms with van der Waals surface area (Å²) in [5.74, 6) is -0.0867. The van der Waals surface area contributed by atoms with Crippen molar-refractivity contribution in [3.8, 4) is 5.75 Å². The van der Waals surface area contributed by atoms with Crippen molar-refractivity contribution in [1.82, 2.24) is 10.2 Å². The third kappa shape index (κ3) is 6.31. The molecule has 2 aromatic rings. The first-order valence-electron chi connectivity index (χ1n) is 11.5. The summed E-state index contributed by atoms with van der Waals surface area (Å²) in [7, 11) is 1.60. The average Bonchev–Trinajstić information content (AvgIpc) is 2.81. The summed E-state index contributed by atoms with van der Waals surface area (Å²) in [4.78, 5) is 28.1. The van der Waals surface area contributed by atoms with E-state index in [1.807, 2.05) is 31.2 Å². The van der Waals surface area contributed by atoms with E-state index in [2.05, 4.69) is 5.32 Å². The minimum absolute atomic E-state index is 0.0873. The fourth-order valence-electron chi connectivity index (χ4n) is 4.30. The monoisotopic (exact) mass is 440 g/mol. The number of nitrogens with zero attached hydrogens (tertiary/aromatic N) is 1. The third-order valence-corrected chi connectivity index (χ3v) is 6.15. The molecule has 6 heteroatoms. The summed E-state index contributed by atoms with van der Waals surface area (Å²) in [5, 5.41) is 3.16. The van der Waals surface area contributed by atoms with Crippen molar-refractivity contribution in [3.63, 3.8) is 0 Å². The zero-order valence-corrected chi connectivity index (χ0v) is 19.0. The van der Waals surface area contributed by atoms with Crippen molar-refractivity contribution in [2.24, 2.45) is 0 Å². The van der Waals surface area contributed by atoms with Crippen LogP contribution in [0, 0.1) is 5.82 Å². The first kappa shape index (κ1) is 23.8. The lowest BCUT2D eigenvalue weighted by Crippen LogP contribution is -2.52. The molecule has 0 unspecified atom stereocenters. The molecule has 0 aliphatic heterocycles. The van der Waals surface area contributed by atoms with E-state index in [4.69, 9.17) is 4.74 Å². The molecule has 1 saturated carbocycles. The van der Waals surface area contributed by atoms with E-state index in [0.717, 1.165) is 37.0 Å². The number of hydrogen-bond acceptors (Lipinski definition) is 3. The van der Waals surface area contributed by atoms with Gasteiger partial charge in [-0.15, -0.1) is 0 Å². The van der Waals surface area contributed by atoms with Crippen molar-refractivity contribution in [2.75, 3.05) is 7.11 Å². The molecule has 172 valence electrons. The predicted molar refractivity (Wildman–Crippen MR) is 123 cm³/mol. The molecule has 32 heavy (non-hydrogen) atoms. The van der Waals surface area contributed by atoms with Gasteiger partial charge in [-0.25, -0.2) is 4.39 Å². The molecule has 0 saturated heterocycles. The summed E-state index contributed by atoms with van der Waals surface area (Å²) < 4.78 is 19.4.